The number of carbonyl (C=O) groups is 1. The van der Waals surface area contributed by atoms with Crippen molar-refractivity contribution in [1.82, 2.24) is 0 Å². The number of ether oxygens (including phenoxy) is 1. The zero-order chi connectivity index (χ0) is 23.5. The highest BCUT2D eigenvalue weighted by Gasteiger charge is 2.18. The number of anilines is 2. The van der Waals surface area contributed by atoms with Crippen molar-refractivity contribution in [2.24, 2.45) is 0 Å². The highest BCUT2D eigenvalue weighted by atomic mass is 35.5. The summed E-state index contributed by atoms with van der Waals surface area (Å²) in [5, 5.41) is 3.21. The van der Waals surface area contributed by atoms with Crippen LogP contribution in [-0.4, -0.2) is 20.4 Å². The van der Waals surface area contributed by atoms with Gasteiger partial charge in [0.15, 0.2) is 6.10 Å². The maximum atomic E-state index is 12.7. The molecule has 3 rings (SSSR count). The van der Waals surface area contributed by atoms with Crippen molar-refractivity contribution in [3.05, 3.63) is 82.4 Å². The molecule has 2 N–H and O–H groups in total. The van der Waals surface area contributed by atoms with Crippen molar-refractivity contribution in [1.29, 1.82) is 0 Å². The minimum Gasteiger partial charge on any atom is -0.481 e. The average molecular weight is 473 g/mol. The van der Waals surface area contributed by atoms with Crippen molar-refractivity contribution in [3.63, 3.8) is 0 Å². The Morgan fingerprint density at radius 3 is 2.22 bits per heavy atom. The Morgan fingerprint density at radius 1 is 0.969 bits per heavy atom. The summed E-state index contributed by atoms with van der Waals surface area (Å²) in [6.45, 7) is 7.31. The molecular weight excluding hydrogens is 448 g/mol. The van der Waals surface area contributed by atoms with Gasteiger partial charge in [0.05, 0.1) is 10.6 Å². The van der Waals surface area contributed by atoms with Gasteiger partial charge in [-0.05, 0) is 92.9 Å². The molecule has 0 aromatic heterocycles. The number of benzene rings is 3. The summed E-state index contributed by atoms with van der Waals surface area (Å²) in [4.78, 5) is 12.6. The molecule has 3 aromatic carbocycles. The Hall–Kier alpha value is -3.03. The van der Waals surface area contributed by atoms with E-state index < -0.39 is 16.1 Å². The molecule has 168 valence electrons. The molecule has 0 spiro atoms. The summed E-state index contributed by atoms with van der Waals surface area (Å²) < 4.78 is 33.7. The Balaban J connectivity index is 1.67. The van der Waals surface area contributed by atoms with E-state index in [0.29, 0.717) is 27.7 Å². The second kappa shape index (κ2) is 9.63. The summed E-state index contributed by atoms with van der Waals surface area (Å²) in [7, 11) is -3.81. The number of sulfonamides is 1. The van der Waals surface area contributed by atoms with E-state index in [9.17, 15) is 13.2 Å². The second-order valence-electron chi connectivity index (χ2n) is 7.62. The molecule has 0 radical (unpaired) electrons. The van der Waals surface area contributed by atoms with Crippen LogP contribution < -0.4 is 14.8 Å². The van der Waals surface area contributed by atoms with Gasteiger partial charge in [-0.2, -0.15) is 0 Å². The smallest absolute Gasteiger partial charge is 0.265 e. The van der Waals surface area contributed by atoms with E-state index in [-0.39, 0.29) is 10.8 Å². The first-order chi connectivity index (χ1) is 15.0. The first-order valence-corrected chi connectivity index (χ1v) is 11.8. The molecule has 6 nitrogen and oxygen atoms in total. The van der Waals surface area contributed by atoms with E-state index in [1.54, 1.807) is 32.0 Å². The quantitative estimate of drug-likeness (QED) is 0.477. The number of halogens is 1. The van der Waals surface area contributed by atoms with Gasteiger partial charge in [-0.15, -0.1) is 0 Å². The van der Waals surface area contributed by atoms with Crippen LogP contribution in [0.3, 0.4) is 0 Å². The number of aryl methyl sites for hydroxylation is 2. The molecule has 0 saturated heterocycles. The topological polar surface area (TPSA) is 84.5 Å². The van der Waals surface area contributed by atoms with Gasteiger partial charge in [0.2, 0.25) is 0 Å². The van der Waals surface area contributed by atoms with Crippen LogP contribution in [0.15, 0.2) is 65.6 Å². The predicted octanol–water partition coefficient (Wildman–Crippen LogP) is 5.47. The Labute approximate surface area is 193 Å². The first-order valence-electron chi connectivity index (χ1n) is 9.99. The van der Waals surface area contributed by atoms with Crippen molar-refractivity contribution in [2.45, 2.75) is 38.7 Å². The normalized spacial score (nSPS) is 12.2. The minimum atomic E-state index is -3.81. The third kappa shape index (κ3) is 5.81. The van der Waals surface area contributed by atoms with E-state index in [4.69, 9.17) is 16.3 Å². The molecule has 32 heavy (non-hydrogen) atoms. The van der Waals surface area contributed by atoms with Crippen LogP contribution in [0.2, 0.25) is 5.02 Å². The largest absolute Gasteiger partial charge is 0.481 e. The molecule has 1 atom stereocenters. The highest BCUT2D eigenvalue weighted by Crippen LogP contribution is 2.26. The van der Waals surface area contributed by atoms with Crippen LogP contribution in [0.4, 0.5) is 11.4 Å². The van der Waals surface area contributed by atoms with Crippen molar-refractivity contribution in [3.8, 4) is 5.75 Å². The molecule has 1 amide bonds. The first kappa shape index (κ1) is 23.6. The summed E-state index contributed by atoms with van der Waals surface area (Å²) in [6, 6.07) is 16.7. The Morgan fingerprint density at radius 2 is 1.59 bits per heavy atom. The zero-order valence-electron chi connectivity index (χ0n) is 18.3. The Kier molecular flexibility index (Phi) is 7.11. The van der Waals surface area contributed by atoms with E-state index in [2.05, 4.69) is 10.0 Å². The lowest BCUT2D eigenvalue weighted by atomic mass is 10.1. The summed E-state index contributed by atoms with van der Waals surface area (Å²) in [5.41, 5.74) is 3.60. The van der Waals surface area contributed by atoms with E-state index in [1.165, 1.54) is 24.3 Å². The van der Waals surface area contributed by atoms with Gasteiger partial charge in [-0.3, -0.25) is 9.52 Å². The van der Waals surface area contributed by atoms with Crippen molar-refractivity contribution in [2.75, 3.05) is 10.0 Å². The molecule has 0 saturated carbocycles. The fourth-order valence-corrected chi connectivity index (χ4v) is 4.44. The highest BCUT2D eigenvalue weighted by molar-refractivity contribution is 7.92. The zero-order valence-corrected chi connectivity index (χ0v) is 19.8. The van der Waals surface area contributed by atoms with Crippen LogP contribution in [-0.2, 0) is 14.8 Å². The van der Waals surface area contributed by atoms with Gasteiger partial charge in [0.25, 0.3) is 15.9 Å². The van der Waals surface area contributed by atoms with Crippen LogP contribution in [0, 0.1) is 20.8 Å². The molecule has 0 aliphatic carbocycles. The van der Waals surface area contributed by atoms with Gasteiger partial charge in [-0.25, -0.2) is 8.42 Å². The number of amides is 1. The molecule has 0 heterocycles. The lowest BCUT2D eigenvalue weighted by molar-refractivity contribution is -0.122. The lowest BCUT2D eigenvalue weighted by Crippen LogP contribution is -2.30. The molecule has 0 fully saturated rings. The number of nitrogens with one attached hydrogen (secondary N) is 2. The van der Waals surface area contributed by atoms with Crippen molar-refractivity contribution < 1.29 is 17.9 Å². The number of rotatable bonds is 7. The van der Waals surface area contributed by atoms with E-state index >= 15 is 0 Å². The minimum absolute atomic E-state index is 0.0643. The van der Waals surface area contributed by atoms with Gasteiger partial charge < -0.3 is 10.1 Å². The average Bonchev–Trinajstić information content (AvgIpc) is 2.71. The lowest BCUT2D eigenvalue weighted by Gasteiger charge is -2.16. The third-order valence-corrected chi connectivity index (χ3v) is 6.61. The molecule has 8 heteroatoms. The maximum absolute atomic E-state index is 12.7. The van der Waals surface area contributed by atoms with Crippen LogP contribution in [0.25, 0.3) is 0 Å². The molecular formula is C24H25ClN2O4S. The molecule has 0 bridgehead atoms. The maximum Gasteiger partial charge on any atom is 0.265 e. The fraction of sp³-hybridized carbons (Fsp3) is 0.208. The molecule has 0 aliphatic rings. The SMILES string of the molecule is Cc1cc(C)cc(O[C@@H](C)C(=O)Nc2ccc(S(=O)(=O)Nc3cccc(Cl)c3C)cc2)c1. The summed E-state index contributed by atoms with van der Waals surface area (Å²) >= 11 is 6.06. The summed E-state index contributed by atoms with van der Waals surface area (Å²) in [5.74, 6) is 0.279. The van der Waals surface area contributed by atoms with Gasteiger partial charge in [0, 0.05) is 10.7 Å². The monoisotopic (exact) mass is 472 g/mol. The standard InChI is InChI=1S/C24H25ClN2O4S/c1-15-12-16(2)14-20(13-15)31-18(4)24(28)26-19-8-10-21(11-9-19)32(29,30)27-23-7-5-6-22(25)17(23)3/h5-14,18,27H,1-4H3,(H,26,28)/t18-/m0/s1. The fourth-order valence-electron chi connectivity index (χ4n) is 3.14. The second-order valence-corrected chi connectivity index (χ2v) is 9.70. The van der Waals surface area contributed by atoms with E-state index in [1.807, 2.05) is 32.0 Å². The molecule has 3 aromatic rings. The third-order valence-electron chi connectivity index (χ3n) is 4.82. The van der Waals surface area contributed by atoms with E-state index in [0.717, 1.165) is 11.1 Å². The number of carbonyl (C=O) groups excluding carboxylic acids is 1. The number of hydrogen-bond donors (Lipinski definition) is 2. The van der Waals surface area contributed by atoms with Crippen LogP contribution in [0.5, 0.6) is 5.75 Å². The van der Waals surface area contributed by atoms with Crippen molar-refractivity contribution >= 4 is 38.9 Å². The summed E-state index contributed by atoms with van der Waals surface area (Å²) in [6.07, 6.45) is -0.730. The van der Waals surface area contributed by atoms with Gasteiger partial charge >= 0.3 is 0 Å². The molecule has 0 aliphatic heterocycles. The van der Waals surface area contributed by atoms with Gasteiger partial charge in [-0.1, -0.05) is 23.7 Å². The number of hydrogen-bond acceptors (Lipinski definition) is 4. The Bertz CT molecular complexity index is 1220. The predicted molar refractivity (Wildman–Crippen MR) is 128 cm³/mol. The van der Waals surface area contributed by atoms with Crippen LogP contribution in [0.1, 0.15) is 23.6 Å². The van der Waals surface area contributed by atoms with Crippen LogP contribution >= 0.6 is 11.6 Å². The van der Waals surface area contributed by atoms with Gasteiger partial charge in [0.1, 0.15) is 5.75 Å². The molecule has 0 unspecified atom stereocenters.